The largest absolute Gasteiger partial charge is 0.392 e. The summed E-state index contributed by atoms with van der Waals surface area (Å²) >= 11 is 7.79. The minimum absolute atomic E-state index is 0.197. The van der Waals surface area contributed by atoms with Crippen LogP contribution in [0, 0.1) is 5.82 Å². The Morgan fingerprint density at radius 1 is 1.59 bits per heavy atom. The van der Waals surface area contributed by atoms with Gasteiger partial charge >= 0.3 is 0 Å². The maximum Gasteiger partial charge on any atom is 0.254 e. The molecule has 0 aromatic heterocycles. The third-order valence-corrected chi connectivity index (χ3v) is 2.95. The van der Waals surface area contributed by atoms with E-state index in [0.717, 1.165) is 0 Å². The Balaban J connectivity index is 2.93. The molecular formula is C11H12BrFN2OS. The molecule has 0 atom stereocenters. The topological polar surface area (TPSA) is 46.3 Å². The fourth-order valence-electron chi connectivity index (χ4n) is 1.33. The van der Waals surface area contributed by atoms with Gasteiger partial charge in [0.1, 0.15) is 5.82 Å². The molecule has 0 saturated heterocycles. The van der Waals surface area contributed by atoms with Gasteiger partial charge in [-0.3, -0.25) is 4.79 Å². The number of rotatable bonds is 4. The van der Waals surface area contributed by atoms with Gasteiger partial charge in [-0.15, -0.1) is 0 Å². The summed E-state index contributed by atoms with van der Waals surface area (Å²) in [5, 5.41) is 0. The number of halogens is 2. The Kier molecular flexibility index (Phi) is 5.02. The molecule has 0 aliphatic rings. The lowest BCUT2D eigenvalue weighted by molar-refractivity contribution is 0.0787. The third kappa shape index (κ3) is 3.74. The summed E-state index contributed by atoms with van der Waals surface area (Å²) < 4.78 is 13.6. The lowest BCUT2D eigenvalue weighted by Gasteiger charge is -2.20. The first kappa shape index (κ1) is 14.1. The van der Waals surface area contributed by atoms with E-state index in [-0.39, 0.29) is 23.0 Å². The molecule has 92 valence electrons. The highest BCUT2D eigenvalue weighted by molar-refractivity contribution is 9.10. The Labute approximate surface area is 113 Å². The van der Waals surface area contributed by atoms with E-state index in [0.29, 0.717) is 11.0 Å². The zero-order valence-corrected chi connectivity index (χ0v) is 11.6. The minimum atomic E-state index is -0.470. The van der Waals surface area contributed by atoms with Crippen molar-refractivity contribution in [3.8, 4) is 0 Å². The lowest BCUT2D eigenvalue weighted by Crippen LogP contribution is -2.37. The summed E-state index contributed by atoms with van der Waals surface area (Å²) in [6.07, 6.45) is 0. The molecule has 1 aromatic carbocycles. The zero-order valence-electron chi connectivity index (χ0n) is 9.24. The summed E-state index contributed by atoms with van der Waals surface area (Å²) in [7, 11) is 0. The summed E-state index contributed by atoms with van der Waals surface area (Å²) in [5.41, 5.74) is 5.68. The predicted molar refractivity (Wildman–Crippen MR) is 72.5 cm³/mol. The van der Waals surface area contributed by atoms with Crippen LogP contribution in [0.15, 0.2) is 22.7 Å². The van der Waals surface area contributed by atoms with Gasteiger partial charge in [0.2, 0.25) is 0 Å². The highest BCUT2D eigenvalue weighted by Crippen LogP contribution is 2.17. The quantitative estimate of drug-likeness (QED) is 0.867. The zero-order chi connectivity index (χ0) is 13.0. The summed E-state index contributed by atoms with van der Waals surface area (Å²) in [4.78, 5) is 13.7. The number of nitrogens with two attached hydrogens (primary N) is 1. The second-order valence-electron chi connectivity index (χ2n) is 3.41. The highest BCUT2D eigenvalue weighted by Gasteiger charge is 2.16. The van der Waals surface area contributed by atoms with Crippen LogP contribution in [0.1, 0.15) is 17.3 Å². The predicted octanol–water partition coefficient (Wildman–Crippen LogP) is 2.34. The third-order valence-electron chi connectivity index (χ3n) is 2.18. The number of hydrogen-bond donors (Lipinski definition) is 1. The lowest BCUT2D eigenvalue weighted by atomic mass is 10.2. The molecular weight excluding hydrogens is 307 g/mol. The summed E-state index contributed by atoms with van der Waals surface area (Å²) in [6, 6.07) is 4.24. The van der Waals surface area contributed by atoms with Crippen molar-refractivity contribution in [2.24, 2.45) is 5.73 Å². The number of hydrogen-bond acceptors (Lipinski definition) is 2. The summed E-state index contributed by atoms with van der Waals surface area (Å²) in [6.45, 7) is 2.47. The number of carbonyl (C=O) groups is 1. The Bertz CT molecular complexity index is 453. The van der Waals surface area contributed by atoms with Crippen LogP contribution in [0.5, 0.6) is 0 Å². The Morgan fingerprint density at radius 3 is 2.71 bits per heavy atom. The number of benzene rings is 1. The fourth-order valence-corrected chi connectivity index (χ4v) is 1.73. The molecule has 6 heteroatoms. The van der Waals surface area contributed by atoms with Gasteiger partial charge < -0.3 is 10.6 Å². The molecule has 0 unspecified atom stereocenters. The highest BCUT2D eigenvalue weighted by atomic mass is 79.9. The van der Waals surface area contributed by atoms with E-state index >= 15 is 0 Å². The van der Waals surface area contributed by atoms with E-state index < -0.39 is 5.82 Å². The van der Waals surface area contributed by atoms with Crippen LogP contribution in [-0.4, -0.2) is 28.9 Å². The average Bonchev–Trinajstić information content (AvgIpc) is 2.28. The van der Waals surface area contributed by atoms with Crippen LogP contribution in [0.2, 0.25) is 0 Å². The molecule has 0 heterocycles. The van der Waals surface area contributed by atoms with Crippen molar-refractivity contribution in [2.45, 2.75) is 6.92 Å². The van der Waals surface area contributed by atoms with E-state index in [4.69, 9.17) is 18.0 Å². The van der Waals surface area contributed by atoms with Gasteiger partial charge in [-0.25, -0.2) is 4.39 Å². The van der Waals surface area contributed by atoms with Gasteiger partial charge in [-0.05, 0) is 41.1 Å². The van der Waals surface area contributed by atoms with Crippen molar-refractivity contribution in [3.63, 3.8) is 0 Å². The van der Waals surface area contributed by atoms with Crippen molar-refractivity contribution < 1.29 is 9.18 Å². The molecule has 1 rings (SSSR count). The number of likely N-dealkylation sites (N-methyl/N-ethyl adjacent to an activating group) is 1. The van der Waals surface area contributed by atoms with Crippen LogP contribution >= 0.6 is 28.1 Å². The van der Waals surface area contributed by atoms with Crippen molar-refractivity contribution in [1.29, 1.82) is 0 Å². The van der Waals surface area contributed by atoms with E-state index in [9.17, 15) is 9.18 Å². The van der Waals surface area contributed by atoms with E-state index in [2.05, 4.69) is 15.9 Å². The van der Waals surface area contributed by atoms with Crippen LogP contribution in [0.4, 0.5) is 4.39 Å². The molecule has 0 spiro atoms. The first-order chi connectivity index (χ1) is 7.95. The molecule has 0 saturated carbocycles. The Hall–Kier alpha value is -1.01. The van der Waals surface area contributed by atoms with Gasteiger partial charge in [-0.1, -0.05) is 12.2 Å². The average molecular weight is 319 g/mol. The minimum Gasteiger partial charge on any atom is -0.392 e. The monoisotopic (exact) mass is 318 g/mol. The number of nitrogens with zero attached hydrogens (tertiary/aromatic N) is 1. The standard InChI is InChI=1S/C11H12BrFN2OS/c1-2-15(6-10(14)17)11(16)7-3-4-8(12)9(13)5-7/h3-5H,2,6H2,1H3,(H2,14,17). The molecule has 0 aliphatic heterocycles. The van der Waals surface area contributed by atoms with Gasteiger partial charge in [0.25, 0.3) is 5.91 Å². The molecule has 0 fully saturated rings. The van der Waals surface area contributed by atoms with Crippen molar-refractivity contribution in [2.75, 3.05) is 13.1 Å². The van der Waals surface area contributed by atoms with Crippen LogP contribution in [-0.2, 0) is 0 Å². The summed E-state index contributed by atoms with van der Waals surface area (Å²) in [5.74, 6) is -0.756. The van der Waals surface area contributed by atoms with Gasteiger partial charge in [0, 0.05) is 12.1 Å². The SMILES string of the molecule is CCN(CC(N)=S)C(=O)c1ccc(Br)c(F)c1. The second-order valence-corrected chi connectivity index (χ2v) is 4.79. The molecule has 0 bridgehead atoms. The van der Waals surface area contributed by atoms with Gasteiger partial charge in [0.15, 0.2) is 0 Å². The number of thiocarbonyl (C=S) groups is 1. The Morgan fingerprint density at radius 2 is 2.24 bits per heavy atom. The van der Waals surface area contributed by atoms with E-state index in [1.807, 2.05) is 6.92 Å². The van der Waals surface area contributed by atoms with Gasteiger partial charge in [0.05, 0.1) is 16.0 Å². The maximum absolute atomic E-state index is 13.3. The molecule has 0 radical (unpaired) electrons. The van der Waals surface area contributed by atoms with Crippen LogP contribution in [0.3, 0.4) is 0 Å². The van der Waals surface area contributed by atoms with E-state index in [1.54, 1.807) is 6.07 Å². The van der Waals surface area contributed by atoms with Gasteiger partial charge in [-0.2, -0.15) is 0 Å². The van der Waals surface area contributed by atoms with Crippen molar-refractivity contribution in [3.05, 3.63) is 34.1 Å². The first-order valence-electron chi connectivity index (χ1n) is 4.98. The molecule has 2 N–H and O–H groups in total. The van der Waals surface area contributed by atoms with Crippen LogP contribution < -0.4 is 5.73 Å². The molecule has 3 nitrogen and oxygen atoms in total. The first-order valence-corrected chi connectivity index (χ1v) is 6.18. The van der Waals surface area contributed by atoms with E-state index in [1.165, 1.54) is 17.0 Å². The molecule has 1 aromatic rings. The van der Waals surface area contributed by atoms with Crippen molar-refractivity contribution >= 4 is 39.0 Å². The smallest absolute Gasteiger partial charge is 0.254 e. The molecule has 1 amide bonds. The van der Waals surface area contributed by atoms with Crippen molar-refractivity contribution in [1.82, 2.24) is 4.90 Å². The maximum atomic E-state index is 13.3. The second kappa shape index (κ2) is 6.07. The number of amides is 1. The van der Waals surface area contributed by atoms with Crippen LogP contribution in [0.25, 0.3) is 0 Å². The molecule has 0 aliphatic carbocycles. The fraction of sp³-hybridized carbons (Fsp3) is 0.273. The number of carbonyl (C=O) groups excluding carboxylic acids is 1. The normalized spacial score (nSPS) is 10.1. The molecule has 17 heavy (non-hydrogen) atoms.